The summed E-state index contributed by atoms with van der Waals surface area (Å²) < 4.78 is 16.7. The predicted octanol–water partition coefficient (Wildman–Crippen LogP) is 3.00. The number of nitrogens with zero attached hydrogens (tertiary/aromatic N) is 2. The second-order valence-corrected chi connectivity index (χ2v) is 9.98. The second kappa shape index (κ2) is 8.61. The number of hydrogen-bond donors (Lipinski definition) is 3. The first-order chi connectivity index (χ1) is 15.5. The molecule has 176 valence electrons. The van der Waals surface area contributed by atoms with Gasteiger partial charge in [0, 0.05) is 42.2 Å². The van der Waals surface area contributed by atoms with E-state index in [2.05, 4.69) is 29.5 Å². The maximum Gasteiger partial charge on any atom is 0.265 e. The summed E-state index contributed by atoms with van der Waals surface area (Å²) in [7, 11) is 0. The number of rotatable bonds is 5. The Morgan fingerprint density at radius 3 is 2.67 bits per heavy atom. The molecule has 1 saturated carbocycles. The van der Waals surface area contributed by atoms with E-state index < -0.39 is 11.7 Å². The summed E-state index contributed by atoms with van der Waals surface area (Å²) in [6.07, 6.45) is 4.73. The van der Waals surface area contributed by atoms with Crippen molar-refractivity contribution in [2.45, 2.75) is 65.5 Å². The number of nitrogens with one attached hydrogen (secondary N) is 2. The Morgan fingerprint density at radius 1 is 1.21 bits per heavy atom. The molecule has 2 aromatic rings. The fourth-order valence-electron chi connectivity index (χ4n) is 5.12. The summed E-state index contributed by atoms with van der Waals surface area (Å²) >= 11 is 0. The van der Waals surface area contributed by atoms with Gasteiger partial charge in [-0.1, -0.05) is 20.3 Å². The van der Waals surface area contributed by atoms with Crippen LogP contribution in [0.4, 0.5) is 10.2 Å². The van der Waals surface area contributed by atoms with Crippen LogP contribution in [0.25, 0.3) is 11.1 Å². The third kappa shape index (κ3) is 4.77. The Labute approximate surface area is 192 Å². The number of pyridine rings is 1. The van der Waals surface area contributed by atoms with Crippen molar-refractivity contribution >= 4 is 23.5 Å². The number of carbonyl (C=O) groups is 3. The third-order valence-electron chi connectivity index (χ3n) is 6.54. The van der Waals surface area contributed by atoms with Crippen molar-refractivity contribution < 1.29 is 18.8 Å². The third-order valence-corrected chi connectivity index (χ3v) is 6.54. The molecular weight excluding hydrogens is 425 g/mol. The summed E-state index contributed by atoms with van der Waals surface area (Å²) in [5, 5.41) is 5.69. The Hall–Kier alpha value is -3.23. The first-order valence-corrected chi connectivity index (χ1v) is 11.3. The smallest absolute Gasteiger partial charge is 0.265 e. The van der Waals surface area contributed by atoms with Crippen LogP contribution in [0.5, 0.6) is 0 Å². The average molecular weight is 456 g/mol. The van der Waals surface area contributed by atoms with Crippen LogP contribution in [0.2, 0.25) is 0 Å². The molecule has 0 unspecified atom stereocenters. The maximum absolute atomic E-state index is 14.9. The number of fused-ring (bicyclic) bond motifs is 1. The summed E-state index contributed by atoms with van der Waals surface area (Å²) in [5.74, 6) is -1.41. The number of nitrogens with two attached hydrogens (primary N) is 1. The van der Waals surface area contributed by atoms with Crippen LogP contribution >= 0.6 is 0 Å². The lowest BCUT2D eigenvalue weighted by molar-refractivity contribution is -0.123. The molecule has 0 bridgehead atoms. The number of carbonyl (C=O) groups excluding carboxylic acids is 3. The molecule has 0 saturated heterocycles. The van der Waals surface area contributed by atoms with Crippen LogP contribution < -0.4 is 16.4 Å². The van der Waals surface area contributed by atoms with Gasteiger partial charge >= 0.3 is 0 Å². The molecule has 0 spiro atoms. The number of aromatic nitrogens is 2. The fourth-order valence-corrected chi connectivity index (χ4v) is 5.12. The van der Waals surface area contributed by atoms with E-state index in [0.29, 0.717) is 30.6 Å². The average Bonchev–Trinajstić information content (AvgIpc) is 3.22. The summed E-state index contributed by atoms with van der Waals surface area (Å²) in [6, 6.07) is 3.10. The van der Waals surface area contributed by atoms with Gasteiger partial charge in [-0.3, -0.25) is 14.4 Å². The Morgan fingerprint density at radius 2 is 1.97 bits per heavy atom. The Balaban J connectivity index is 1.59. The predicted molar refractivity (Wildman–Crippen MR) is 122 cm³/mol. The van der Waals surface area contributed by atoms with Gasteiger partial charge in [-0.15, -0.1) is 0 Å². The molecule has 2 aliphatic rings. The minimum absolute atomic E-state index is 0.0248. The number of primary amides is 1. The van der Waals surface area contributed by atoms with Crippen molar-refractivity contribution in [3.8, 4) is 11.1 Å². The monoisotopic (exact) mass is 455 g/mol. The minimum Gasteiger partial charge on any atom is -0.364 e. The molecule has 2 aromatic heterocycles. The van der Waals surface area contributed by atoms with Gasteiger partial charge in [-0.2, -0.15) is 0 Å². The van der Waals surface area contributed by atoms with Crippen LogP contribution in [0.1, 0.15) is 62.6 Å². The fraction of sp³-hybridized carbons (Fsp3) is 0.500. The molecule has 1 fully saturated rings. The standard InChI is InChI=1S/C24H30FN5O3/c1-13(31)28-15-6-4-5-14(7-15)23(33)29-21-9-16(18(25)11-27-21)17-8-19(22(26)32)30-12-24(2,3)10-20(17)30/h8-9,11,14-15H,4-7,10,12H2,1-3H3,(H2,26,32)(H,28,31)(H,27,29,33)/t14-,15+/m0/s1. The Bertz CT molecular complexity index is 1120. The van der Waals surface area contributed by atoms with Gasteiger partial charge in [-0.25, -0.2) is 9.37 Å². The molecule has 9 heteroatoms. The summed E-state index contributed by atoms with van der Waals surface area (Å²) in [5.41, 5.74) is 7.55. The van der Waals surface area contributed by atoms with Crippen molar-refractivity contribution in [1.82, 2.24) is 14.9 Å². The number of anilines is 1. The van der Waals surface area contributed by atoms with Crippen molar-refractivity contribution in [2.24, 2.45) is 17.1 Å². The molecule has 3 heterocycles. The molecule has 4 N–H and O–H groups in total. The van der Waals surface area contributed by atoms with E-state index in [-0.39, 0.29) is 40.6 Å². The molecule has 2 atom stereocenters. The van der Waals surface area contributed by atoms with Gasteiger partial charge in [0.15, 0.2) is 0 Å². The second-order valence-electron chi connectivity index (χ2n) is 9.98. The molecular formula is C24H30FN5O3. The zero-order valence-corrected chi connectivity index (χ0v) is 19.2. The number of halogens is 1. The first kappa shape index (κ1) is 22.9. The Kier molecular flexibility index (Phi) is 5.99. The van der Waals surface area contributed by atoms with Crippen molar-refractivity contribution in [2.75, 3.05) is 5.32 Å². The van der Waals surface area contributed by atoms with E-state index in [9.17, 15) is 18.8 Å². The van der Waals surface area contributed by atoms with E-state index in [1.54, 1.807) is 6.07 Å². The van der Waals surface area contributed by atoms with Gasteiger partial charge in [0.1, 0.15) is 17.3 Å². The molecule has 3 amide bonds. The lowest BCUT2D eigenvalue weighted by atomic mass is 9.85. The molecule has 4 rings (SSSR count). The highest BCUT2D eigenvalue weighted by atomic mass is 19.1. The van der Waals surface area contributed by atoms with E-state index >= 15 is 0 Å². The highest BCUT2D eigenvalue weighted by Gasteiger charge is 2.35. The van der Waals surface area contributed by atoms with E-state index in [0.717, 1.165) is 31.2 Å². The van der Waals surface area contributed by atoms with Crippen LogP contribution in [-0.4, -0.2) is 33.3 Å². The molecule has 1 aliphatic carbocycles. The SMILES string of the molecule is CC(=O)N[C@@H]1CCC[C@H](C(=O)Nc2cc(-c3cc(C(N)=O)n4c3CC(C)(C)C4)c(F)cn2)C1. The number of hydrogen-bond acceptors (Lipinski definition) is 4. The van der Waals surface area contributed by atoms with Crippen molar-refractivity contribution in [3.63, 3.8) is 0 Å². The normalized spacial score (nSPS) is 21.3. The van der Waals surface area contributed by atoms with Gasteiger partial charge < -0.3 is 20.9 Å². The van der Waals surface area contributed by atoms with Crippen LogP contribution in [0.15, 0.2) is 18.3 Å². The molecule has 8 nitrogen and oxygen atoms in total. The van der Waals surface area contributed by atoms with E-state index in [1.807, 2.05) is 4.57 Å². The van der Waals surface area contributed by atoms with Gasteiger partial charge in [0.2, 0.25) is 11.8 Å². The zero-order valence-electron chi connectivity index (χ0n) is 19.2. The summed E-state index contributed by atoms with van der Waals surface area (Å²) in [4.78, 5) is 40.3. The lowest BCUT2D eigenvalue weighted by Crippen LogP contribution is -2.40. The molecule has 0 radical (unpaired) electrons. The molecule has 1 aliphatic heterocycles. The van der Waals surface area contributed by atoms with Gasteiger partial charge in [-0.05, 0) is 43.2 Å². The largest absolute Gasteiger partial charge is 0.364 e. The topological polar surface area (TPSA) is 119 Å². The van der Waals surface area contributed by atoms with Crippen LogP contribution in [-0.2, 0) is 22.6 Å². The van der Waals surface area contributed by atoms with E-state index in [1.165, 1.54) is 13.0 Å². The number of amides is 3. The van der Waals surface area contributed by atoms with Crippen molar-refractivity contribution in [1.29, 1.82) is 0 Å². The molecule has 0 aromatic carbocycles. The van der Waals surface area contributed by atoms with Gasteiger partial charge in [0.25, 0.3) is 5.91 Å². The maximum atomic E-state index is 14.9. The minimum atomic E-state index is -0.561. The quantitative estimate of drug-likeness (QED) is 0.642. The summed E-state index contributed by atoms with van der Waals surface area (Å²) in [6.45, 7) is 6.26. The lowest BCUT2D eigenvalue weighted by Gasteiger charge is -2.28. The molecule has 33 heavy (non-hydrogen) atoms. The van der Waals surface area contributed by atoms with Crippen LogP contribution in [0.3, 0.4) is 0 Å². The van der Waals surface area contributed by atoms with Crippen LogP contribution in [0, 0.1) is 17.2 Å². The van der Waals surface area contributed by atoms with Crippen molar-refractivity contribution in [3.05, 3.63) is 35.5 Å². The van der Waals surface area contributed by atoms with Gasteiger partial charge in [0.05, 0.1) is 6.20 Å². The first-order valence-electron chi connectivity index (χ1n) is 11.3. The highest BCUT2D eigenvalue weighted by molar-refractivity contribution is 5.95. The zero-order chi connectivity index (χ0) is 23.9. The van der Waals surface area contributed by atoms with E-state index in [4.69, 9.17) is 5.73 Å². The highest BCUT2D eigenvalue weighted by Crippen LogP contribution is 2.41.